The van der Waals surface area contributed by atoms with Gasteiger partial charge in [0.2, 0.25) is 15.9 Å². The molecule has 2 aromatic rings. The van der Waals surface area contributed by atoms with E-state index in [4.69, 9.17) is 11.6 Å². The van der Waals surface area contributed by atoms with Gasteiger partial charge in [0.05, 0.1) is 17.1 Å². The van der Waals surface area contributed by atoms with Gasteiger partial charge in [0.15, 0.2) is 17.5 Å². The Morgan fingerprint density at radius 3 is 2.27 bits per heavy atom. The number of sulfonamides is 1. The number of nitrogens with one attached hydrogen (secondary N) is 1. The number of carbonyl (C=O) groups is 1. The molecule has 10 heteroatoms. The number of hydrogen-bond acceptors (Lipinski definition) is 3. The highest BCUT2D eigenvalue weighted by molar-refractivity contribution is 7.89. The molecule has 1 N–H and O–H groups in total. The van der Waals surface area contributed by atoms with E-state index in [0.29, 0.717) is 11.1 Å². The van der Waals surface area contributed by atoms with Gasteiger partial charge in [-0.3, -0.25) is 4.79 Å². The Morgan fingerprint density at radius 1 is 1.08 bits per heavy atom. The van der Waals surface area contributed by atoms with Crippen molar-refractivity contribution in [3.05, 3.63) is 58.9 Å². The van der Waals surface area contributed by atoms with E-state index in [9.17, 15) is 26.4 Å². The molecule has 2 aromatic carbocycles. The molecule has 0 heterocycles. The number of benzene rings is 2. The monoisotopic (exact) mass is 406 g/mol. The molecular weight excluding hydrogens is 393 g/mol. The Balaban J connectivity index is 2.18. The van der Waals surface area contributed by atoms with Crippen LogP contribution in [-0.4, -0.2) is 31.7 Å². The van der Waals surface area contributed by atoms with Crippen molar-refractivity contribution in [3.8, 4) is 0 Å². The Kier molecular flexibility index (Phi) is 6.27. The average molecular weight is 407 g/mol. The van der Waals surface area contributed by atoms with Gasteiger partial charge in [0.25, 0.3) is 0 Å². The molecule has 2 rings (SSSR count). The zero-order valence-corrected chi connectivity index (χ0v) is 15.0. The third-order valence-electron chi connectivity index (χ3n) is 3.43. The minimum atomic E-state index is -3.99. The van der Waals surface area contributed by atoms with Gasteiger partial charge in [-0.15, -0.1) is 0 Å². The first-order chi connectivity index (χ1) is 12.2. The molecule has 0 aliphatic heterocycles. The Labute approximate surface area is 153 Å². The largest absolute Gasteiger partial charge is 0.322 e. The maximum atomic E-state index is 13.6. The minimum absolute atomic E-state index is 0.0430. The molecule has 0 unspecified atom stereocenters. The second kappa shape index (κ2) is 8.07. The molecule has 0 bridgehead atoms. The number of rotatable bonds is 6. The van der Waals surface area contributed by atoms with Gasteiger partial charge in [-0.1, -0.05) is 18.5 Å². The van der Waals surface area contributed by atoms with Crippen molar-refractivity contribution in [3.63, 3.8) is 0 Å². The van der Waals surface area contributed by atoms with Crippen LogP contribution in [0, 0.1) is 17.5 Å². The molecule has 0 fully saturated rings. The van der Waals surface area contributed by atoms with Crippen LogP contribution in [0.4, 0.5) is 18.9 Å². The Hall–Kier alpha value is -2.10. The number of likely N-dealkylation sites (N-methyl/N-ethyl adjacent to an activating group) is 1. The fourth-order valence-electron chi connectivity index (χ4n) is 2.09. The Bertz CT molecular complexity index is 921. The number of halogens is 4. The standard InChI is InChI=1S/C16H14ClF3N2O3S/c1-2-22(26(24,25)11-5-3-10(17)4-6-11)9-14(23)21-13-8-7-12(18)15(19)16(13)20/h3-8H,2,9H2,1H3,(H,21,23). The minimum Gasteiger partial charge on any atom is -0.322 e. The van der Waals surface area contributed by atoms with Crippen LogP contribution < -0.4 is 5.32 Å². The van der Waals surface area contributed by atoms with Crippen LogP contribution in [0.5, 0.6) is 0 Å². The van der Waals surface area contributed by atoms with E-state index in [0.717, 1.165) is 10.4 Å². The number of anilines is 1. The number of hydrogen-bond donors (Lipinski definition) is 1. The van der Waals surface area contributed by atoms with Crippen molar-refractivity contribution in [1.29, 1.82) is 0 Å². The molecule has 0 aliphatic rings. The third-order valence-corrected chi connectivity index (χ3v) is 5.62. The lowest BCUT2D eigenvalue weighted by Gasteiger charge is -2.20. The van der Waals surface area contributed by atoms with Crippen molar-refractivity contribution in [2.24, 2.45) is 0 Å². The predicted octanol–water partition coefficient (Wildman–Crippen LogP) is 3.41. The number of nitrogens with zero attached hydrogens (tertiary/aromatic N) is 1. The van der Waals surface area contributed by atoms with Gasteiger partial charge in [-0.05, 0) is 36.4 Å². The van der Waals surface area contributed by atoms with Gasteiger partial charge in [-0.25, -0.2) is 21.6 Å². The normalized spacial score (nSPS) is 11.6. The van der Waals surface area contributed by atoms with E-state index in [1.807, 2.05) is 5.32 Å². The zero-order valence-electron chi connectivity index (χ0n) is 13.5. The summed E-state index contributed by atoms with van der Waals surface area (Å²) in [5, 5.41) is 2.37. The molecule has 0 spiro atoms. The van der Waals surface area contributed by atoms with Gasteiger partial charge in [-0.2, -0.15) is 4.31 Å². The maximum absolute atomic E-state index is 13.6. The van der Waals surface area contributed by atoms with Crippen molar-refractivity contribution >= 4 is 33.2 Å². The molecule has 0 aliphatic carbocycles. The lowest BCUT2D eigenvalue weighted by molar-refractivity contribution is -0.116. The summed E-state index contributed by atoms with van der Waals surface area (Å²) in [6, 6.07) is 6.84. The topological polar surface area (TPSA) is 66.5 Å². The van der Waals surface area contributed by atoms with E-state index >= 15 is 0 Å². The summed E-state index contributed by atoms with van der Waals surface area (Å²) in [6.45, 7) is 0.831. The molecule has 26 heavy (non-hydrogen) atoms. The highest BCUT2D eigenvalue weighted by Gasteiger charge is 2.26. The van der Waals surface area contributed by atoms with Crippen molar-refractivity contribution in [2.75, 3.05) is 18.4 Å². The van der Waals surface area contributed by atoms with Crippen molar-refractivity contribution in [2.45, 2.75) is 11.8 Å². The molecule has 0 atom stereocenters. The lowest BCUT2D eigenvalue weighted by atomic mass is 10.2. The summed E-state index contributed by atoms with van der Waals surface area (Å²) in [6.07, 6.45) is 0. The highest BCUT2D eigenvalue weighted by atomic mass is 35.5. The summed E-state index contributed by atoms with van der Waals surface area (Å²) < 4.78 is 65.7. The number of carbonyl (C=O) groups excluding carboxylic acids is 1. The van der Waals surface area contributed by atoms with E-state index in [1.54, 1.807) is 0 Å². The van der Waals surface area contributed by atoms with E-state index < -0.39 is 45.6 Å². The molecule has 1 amide bonds. The van der Waals surface area contributed by atoms with Crippen molar-refractivity contribution < 1.29 is 26.4 Å². The van der Waals surface area contributed by atoms with Gasteiger partial charge < -0.3 is 5.32 Å². The first-order valence-electron chi connectivity index (χ1n) is 7.36. The summed E-state index contributed by atoms with van der Waals surface area (Å²) in [7, 11) is -3.99. The van der Waals surface area contributed by atoms with Gasteiger partial charge >= 0.3 is 0 Å². The molecule has 5 nitrogen and oxygen atoms in total. The van der Waals surface area contributed by atoms with E-state index in [1.165, 1.54) is 31.2 Å². The van der Waals surface area contributed by atoms with Crippen LogP contribution in [0.25, 0.3) is 0 Å². The molecular formula is C16H14ClF3N2O3S. The average Bonchev–Trinajstić information content (AvgIpc) is 2.60. The zero-order chi connectivity index (χ0) is 19.5. The SMILES string of the molecule is CCN(CC(=O)Nc1ccc(F)c(F)c1F)S(=O)(=O)c1ccc(Cl)cc1. The van der Waals surface area contributed by atoms with Gasteiger partial charge in [0.1, 0.15) is 0 Å². The first-order valence-corrected chi connectivity index (χ1v) is 9.17. The Morgan fingerprint density at radius 2 is 1.69 bits per heavy atom. The van der Waals surface area contributed by atoms with Crippen LogP contribution >= 0.6 is 11.6 Å². The van der Waals surface area contributed by atoms with Crippen LogP contribution in [0.1, 0.15) is 6.92 Å². The van der Waals surface area contributed by atoms with Crippen LogP contribution in [-0.2, 0) is 14.8 Å². The smallest absolute Gasteiger partial charge is 0.243 e. The molecule has 140 valence electrons. The third kappa shape index (κ3) is 4.35. The highest BCUT2D eigenvalue weighted by Crippen LogP contribution is 2.21. The summed E-state index contributed by atoms with van der Waals surface area (Å²) in [5.74, 6) is -5.61. The predicted molar refractivity (Wildman–Crippen MR) is 90.8 cm³/mol. The second-order valence-corrected chi connectivity index (χ2v) is 7.53. The molecule has 0 aromatic heterocycles. The summed E-state index contributed by atoms with van der Waals surface area (Å²) >= 11 is 5.72. The second-order valence-electron chi connectivity index (χ2n) is 5.16. The lowest BCUT2D eigenvalue weighted by Crippen LogP contribution is -2.38. The van der Waals surface area contributed by atoms with E-state index in [2.05, 4.69) is 0 Å². The molecule has 0 radical (unpaired) electrons. The maximum Gasteiger partial charge on any atom is 0.243 e. The molecule has 0 saturated carbocycles. The molecule has 0 saturated heterocycles. The van der Waals surface area contributed by atoms with Crippen molar-refractivity contribution in [1.82, 2.24) is 4.31 Å². The summed E-state index contributed by atoms with van der Waals surface area (Å²) in [5.41, 5.74) is -0.589. The van der Waals surface area contributed by atoms with Crippen LogP contribution in [0.2, 0.25) is 5.02 Å². The number of amides is 1. The fourth-order valence-corrected chi connectivity index (χ4v) is 3.63. The first kappa shape index (κ1) is 20.2. The van der Waals surface area contributed by atoms with Crippen LogP contribution in [0.3, 0.4) is 0 Å². The van der Waals surface area contributed by atoms with Crippen LogP contribution in [0.15, 0.2) is 41.3 Å². The quantitative estimate of drug-likeness (QED) is 0.748. The summed E-state index contributed by atoms with van der Waals surface area (Å²) in [4.78, 5) is 12.0. The fraction of sp³-hybridized carbons (Fsp3) is 0.188. The van der Waals surface area contributed by atoms with Gasteiger partial charge in [0, 0.05) is 11.6 Å². The van der Waals surface area contributed by atoms with E-state index in [-0.39, 0.29) is 11.4 Å².